The molecule has 2 aromatic rings. The Kier molecular flexibility index (Phi) is 4.44. The van der Waals surface area contributed by atoms with Crippen LogP contribution in [0.3, 0.4) is 0 Å². The molecular formula is C15H16F3N3O2. The molecule has 0 unspecified atom stereocenters. The molecule has 0 radical (unpaired) electrons. The number of ether oxygens (including phenoxy) is 1. The summed E-state index contributed by atoms with van der Waals surface area (Å²) in [7, 11) is 0. The Balaban J connectivity index is 2.17. The second kappa shape index (κ2) is 6.02. The maximum absolute atomic E-state index is 13.0. The van der Waals surface area contributed by atoms with Gasteiger partial charge in [0.15, 0.2) is 0 Å². The zero-order valence-electron chi connectivity index (χ0n) is 12.8. The summed E-state index contributed by atoms with van der Waals surface area (Å²) in [5.74, 6) is -1.02. The van der Waals surface area contributed by atoms with Gasteiger partial charge in [0.1, 0.15) is 12.7 Å². The molecule has 0 saturated heterocycles. The molecule has 0 bridgehead atoms. The molecule has 1 aromatic carbocycles. The lowest BCUT2D eigenvalue weighted by molar-refractivity contribution is -0.231. The average molecular weight is 327 g/mol. The molecule has 1 aromatic heterocycles. The summed E-state index contributed by atoms with van der Waals surface area (Å²) in [5.41, 5.74) is -0.536. The molecule has 2 rings (SSSR count). The summed E-state index contributed by atoms with van der Waals surface area (Å²) >= 11 is 0. The number of esters is 1. The zero-order chi connectivity index (χ0) is 17.3. The van der Waals surface area contributed by atoms with Crippen molar-refractivity contribution in [3.05, 3.63) is 42.5 Å². The third-order valence-electron chi connectivity index (χ3n) is 3.13. The molecule has 0 aliphatic heterocycles. The van der Waals surface area contributed by atoms with Crippen molar-refractivity contribution in [3.8, 4) is 5.69 Å². The van der Waals surface area contributed by atoms with Crippen LogP contribution in [0.1, 0.15) is 31.1 Å². The SMILES string of the molecule is CC(C)(C)[C@@H](OC(=O)c1ccc(-n2cnnc2)cc1)C(F)(F)F. The van der Waals surface area contributed by atoms with E-state index in [1.807, 2.05) is 0 Å². The maximum Gasteiger partial charge on any atom is 0.426 e. The normalized spacial score (nSPS) is 13.7. The predicted molar refractivity (Wildman–Crippen MR) is 76.1 cm³/mol. The molecule has 0 saturated carbocycles. The van der Waals surface area contributed by atoms with Crippen molar-refractivity contribution >= 4 is 5.97 Å². The predicted octanol–water partition coefficient (Wildman–Crippen LogP) is 3.40. The highest BCUT2D eigenvalue weighted by molar-refractivity contribution is 5.89. The van der Waals surface area contributed by atoms with E-state index in [9.17, 15) is 18.0 Å². The van der Waals surface area contributed by atoms with Gasteiger partial charge < -0.3 is 4.74 Å². The molecule has 0 aliphatic rings. The van der Waals surface area contributed by atoms with Crippen molar-refractivity contribution in [2.75, 3.05) is 0 Å². The molecule has 1 heterocycles. The van der Waals surface area contributed by atoms with Crippen molar-refractivity contribution in [2.24, 2.45) is 5.41 Å². The van der Waals surface area contributed by atoms with Gasteiger partial charge in [-0.2, -0.15) is 13.2 Å². The standard InChI is InChI=1S/C15H16F3N3O2/c1-14(2,3)13(15(16,17)18)23-12(22)10-4-6-11(7-5-10)21-8-19-20-9-21/h4-9,13H,1-3H3/t13-/m1/s1. The van der Waals surface area contributed by atoms with Gasteiger partial charge in [0.05, 0.1) is 5.56 Å². The van der Waals surface area contributed by atoms with E-state index in [2.05, 4.69) is 10.2 Å². The van der Waals surface area contributed by atoms with Gasteiger partial charge in [0.2, 0.25) is 6.10 Å². The molecule has 0 aliphatic carbocycles. The molecule has 0 amide bonds. The molecule has 124 valence electrons. The van der Waals surface area contributed by atoms with Crippen molar-refractivity contribution < 1.29 is 22.7 Å². The summed E-state index contributed by atoms with van der Waals surface area (Å²) in [5, 5.41) is 7.29. The van der Waals surface area contributed by atoms with E-state index >= 15 is 0 Å². The highest BCUT2D eigenvalue weighted by Crippen LogP contribution is 2.36. The van der Waals surface area contributed by atoms with Crippen LogP contribution in [0, 0.1) is 5.41 Å². The molecule has 8 heteroatoms. The monoisotopic (exact) mass is 327 g/mol. The van der Waals surface area contributed by atoms with Crippen LogP contribution in [-0.2, 0) is 4.74 Å². The number of rotatable bonds is 3. The minimum Gasteiger partial charge on any atom is -0.449 e. The number of alkyl halides is 3. The van der Waals surface area contributed by atoms with Crippen LogP contribution in [0.4, 0.5) is 13.2 Å². The fourth-order valence-electron chi connectivity index (χ4n) is 2.01. The van der Waals surface area contributed by atoms with Crippen LogP contribution in [0.5, 0.6) is 0 Å². The Hall–Kier alpha value is -2.38. The van der Waals surface area contributed by atoms with Crippen LogP contribution in [0.15, 0.2) is 36.9 Å². The van der Waals surface area contributed by atoms with Gasteiger partial charge in [-0.25, -0.2) is 4.79 Å². The second-order valence-corrected chi connectivity index (χ2v) is 6.11. The Morgan fingerprint density at radius 3 is 2.04 bits per heavy atom. The van der Waals surface area contributed by atoms with E-state index in [0.29, 0.717) is 5.69 Å². The number of carbonyl (C=O) groups is 1. The second-order valence-electron chi connectivity index (χ2n) is 6.11. The number of aromatic nitrogens is 3. The van der Waals surface area contributed by atoms with Crippen LogP contribution in [0.25, 0.3) is 5.69 Å². The topological polar surface area (TPSA) is 57.0 Å². The highest BCUT2D eigenvalue weighted by atomic mass is 19.4. The van der Waals surface area contributed by atoms with E-state index in [4.69, 9.17) is 4.74 Å². The lowest BCUT2D eigenvalue weighted by Gasteiger charge is -2.31. The largest absolute Gasteiger partial charge is 0.449 e. The first-order valence-corrected chi connectivity index (χ1v) is 6.82. The molecule has 23 heavy (non-hydrogen) atoms. The Bertz CT molecular complexity index is 645. The van der Waals surface area contributed by atoms with E-state index in [0.717, 1.165) is 0 Å². The first-order valence-electron chi connectivity index (χ1n) is 6.82. The van der Waals surface area contributed by atoms with Gasteiger partial charge in [-0.1, -0.05) is 20.8 Å². The minimum atomic E-state index is -4.63. The number of halogens is 3. The van der Waals surface area contributed by atoms with Crippen molar-refractivity contribution in [1.29, 1.82) is 0 Å². The van der Waals surface area contributed by atoms with Gasteiger partial charge in [0.25, 0.3) is 0 Å². The Morgan fingerprint density at radius 2 is 1.61 bits per heavy atom. The summed E-state index contributed by atoms with van der Waals surface area (Å²) < 4.78 is 45.4. The molecular weight excluding hydrogens is 311 g/mol. The lowest BCUT2D eigenvalue weighted by Crippen LogP contribution is -2.43. The van der Waals surface area contributed by atoms with E-state index in [1.165, 1.54) is 45.6 Å². The van der Waals surface area contributed by atoms with Crippen molar-refractivity contribution in [1.82, 2.24) is 14.8 Å². The smallest absolute Gasteiger partial charge is 0.426 e. The first-order chi connectivity index (χ1) is 10.6. The van der Waals surface area contributed by atoms with Gasteiger partial charge in [0, 0.05) is 11.1 Å². The van der Waals surface area contributed by atoms with Gasteiger partial charge in [-0.15, -0.1) is 10.2 Å². The van der Waals surface area contributed by atoms with Crippen molar-refractivity contribution in [2.45, 2.75) is 33.1 Å². The molecule has 5 nitrogen and oxygen atoms in total. The average Bonchev–Trinajstić information content (AvgIpc) is 2.96. The van der Waals surface area contributed by atoms with Crippen LogP contribution < -0.4 is 0 Å². The number of hydrogen-bond acceptors (Lipinski definition) is 4. The summed E-state index contributed by atoms with van der Waals surface area (Å²) in [6, 6.07) is 5.93. The Labute approximate surface area is 131 Å². The van der Waals surface area contributed by atoms with Crippen LogP contribution in [-0.4, -0.2) is 33.0 Å². The van der Waals surface area contributed by atoms with E-state index in [-0.39, 0.29) is 5.56 Å². The highest BCUT2D eigenvalue weighted by Gasteiger charge is 2.50. The third kappa shape index (κ3) is 4.08. The number of nitrogens with zero attached hydrogens (tertiary/aromatic N) is 3. The van der Waals surface area contributed by atoms with Gasteiger partial charge in [-0.3, -0.25) is 4.57 Å². The van der Waals surface area contributed by atoms with E-state index in [1.54, 1.807) is 16.7 Å². The van der Waals surface area contributed by atoms with E-state index < -0.39 is 23.7 Å². The zero-order valence-corrected chi connectivity index (χ0v) is 12.8. The maximum atomic E-state index is 13.0. The fraction of sp³-hybridized carbons (Fsp3) is 0.400. The number of hydrogen-bond donors (Lipinski definition) is 0. The molecule has 0 fully saturated rings. The number of benzene rings is 1. The quantitative estimate of drug-likeness (QED) is 0.811. The van der Waals surface area contributed by atoms with Crippen LogP contribution in [0.2, 0.25) is 0 Å². The minimum absolute atomic E-state index is 0.0420. The third-order valence-corrected chi connectivity index (χ3v) is 3.13. The molecule has 1 atom stereocenters. The summed E-state index contributed by atoms with van der Waals surface area (Å²) in [6.07, 6.45) is -3.88. The summed E-state index contributed by atoms with van der Waals surface area (Å²) in [6.45, 7) is 4.11. The summed E-state index contributed by atoms with van der Waals surface area (Å²) in [4.78, 5) is 12.0. The fourth-order valence-corrected chi connectivity index (χ4v) is 2.01. The molecule has 0 N–H and O–H groups in total. The van der Waals surface area contributed by atoms with Crippen molar-refractivity contribution in [3.63, 3.8) is 0 Å². The van der Waals surface area contributed by atoms with Gasteiger partial charge in [-0.05, 0) is 24.3 Å². The first kappa shape index (κ1) is 17.0. The van der Waals surface area contributed by atoms with Gasteiger partial charge >= 0.3 is 12.1 Å². The lowest BCUT2D eigenvalue weighted by atomic mass is 9.88. The Morgan fingerprint density at radius 1 is 1.09 bits per heavy atom. The van der Waals surface area contributed by atoms with Crippen LogP contribution >= 0.6 is 0 Å². The molecule has 0 spiro atoms. The number of carbonyl (C=O) groups excluding carboxylic acids is 1.